The maximum absolute atomic E-state index is 9.59. The topological polar surface area (TPSA) is 51.6 Å². The minimum absolute atomic E-state index is 0.104. The molecule has 0 spiro atoms. The first-order valence-electron chi connectivity index (χ1n) is 4.93. The number of methoxy groups -OCH3 is 1. The highest BCUT2D eigenvalue weighted by Gasteiger charge is 2.07. The molecule has 1 aromatic heterocycles. The Morgan fingerprint density at radius 2 is 2.13 bits per heavy atom. The molecule has 1 heterocycles. The van der Waals surface area contributed by atoms with Gasteiger partial charge < -0.3 is 14.6 Å². The van der Waals surface area contributed by atoms with Crippen molar-refractivity contribution in [2.24, 2.45) is 0 Å². The molecule has 4 nitrogen and oxygen atoms in total. The van der Waals surface area contributed by atoms with Crippen LogP contribution in [-0.2, 0) is 4.74 Å². The highest BCUT2D eigenvalue weighted by Crippen LogP contribution is 2.15. The van der Waals surface area contributed by atoms with Gasteiger partial charge in [0, 0.05) is 24.9 Å². The molecule has 1 rings (SSSR count). The van der Waals surface area contributed by atoms with Crippen molar-refractivity contribution >= 4 is 0 Å². The van der Waals surface area contributed by atoms with E-state index in [0.29, 0.717) is 5.88 Å². The lowest BCUT2D eigenvalue weighted by Crippen LogP contribution is -2.08. The number of pyridine rings is 1. The molecular weight excluding hydrogens is 194 g/mol. The monoisotopic (exact) mass is 211 g/mol. The van der Waals surface area contributed by atoms with E-state index in [-0.39, 0.29) is 12.7 Å². The Bertz CT molecular complexity index is 284. The van der Waals surface area contributed by atoms with Crippen LogP contribution in [0.15, 0.2) is 18.3 Å². The summed E-state index contributed by atoms with van der Waals surface area (Å²) in [5.74, 6) is 0.568. The van der Waals surface area contributed by atoms with Crippen LogP contribution in [0.4, 0.5) is 0 Å². The number of aliphatic hydroxyl groups is 1. The summed E-state index contributed by atoms with van der Waals surface area (Å²) in [5.41, 5.74) is 0.730. The maximum atomic E-state index is 9.59. The van der Waals surface area contributed by atoms with Crippen molar-refractivity contribution in [3.63, 3.8) is 0 Å². The fraction of sp³-hybridized carbons (Fsp3) is 0.545. The van der Waals surface area contributed by atoms with Crippen LogP contribution in [0.5, 0.6) is 5.88 Å². The van der Waals surface area contributed by atoms with Gasteiger partial charge in [-0.2, -0.15) is 0 Å². The molecule has 0 aliphatic carbocycles. The van der Waals surface area contributed by atoms with Gasteiger partial charge in [0.15, 0.2) is 0 Å². The molecule has 1 aromatic rings. The molecule has 0 amide bonds. The normalized spacial score (nSPS) is 12.9. The lowest BCUT2D eigenvalue weighted by Gasteiger charge is -2.11. The number of aromatic nitrogens is 1. The average Bonchev–Trinajstić information content (AvgIpc) is 2.18. The van der Waals surface area contributed by atoms with E-state index in [9.17, 15) is 5.11 Å². The Balaban J connectivity index is 2.63. The Morgan fingerprint density at radius 3 is 2.60 bits per heavy atom. The first-order valence-corrected chi connectivity index (χ1v) is 4.93. The third-order valence-electron chi connectivity index (χ3n) is 1.82. The van der Waals surface area contributed by atoms with Crippen LogP contribution in [0.1, 0.15) is 25.5 Å². The number of ether oxygens (including phenoxy) is 2. The van der Waals surface area contributed by atoms with Crippen LogP contribution < -0.4 is 4.74 Å². The number of aliphatic hydroxyl groups excluding tert-OH is 1. The summed E-state index contributed by atoms with van der Waals surface area (Å²) < 4.78 is 10.2. The van der Waals surface area contributed by atoms with Crippen LogP contribution in [0.2, 0.25) is 0 Å². The van der Waals surface area contributed by atoms with E-state index >= 15 is 0 Å². The third kappa shape index (κ3) is 3.85. The van der Waals surface area contributed by atoms with Gasteiger partial charge in [0.1, 0.15) is 6.10 Å². The van der Waals surface area contributed by atoms with Crippen LogP contribution in [0.3, 0.4) is 0 Å². The summed E-state index contributed by atoms with van der Waals surface area (Å²) in [6.07, 6.45) is 1.07. The largest absolute Gasteiger partial charge is 0.475 e. The molecule has 0 aromatic carbocycles. The Kier molecular flexibility index (Phi) is 4.52. The molecule has 0 aliphatic rings. The van der Waals surface area contributed by atoms with Gasteiger partial charge in [-0.1, -0.05) is 0 Å². The molecule has 84 valence electrons. The quantitative estimate of drug-likeness (QED) is 0.802. The van der Waals surface area contributed by atoms with E-state index in [1.165, 1.54) is 0 Å². The smallest absolute Gasteiger partial charge is 0.213 e. The third-order valence-corrected chi connectivity index (χ3v) is 1.82. The Morgan fingerprint density at radius 1 is 1.40 bits per heavy atom. The summed E-state index contributed by atoms with van der Waals surface area (Å²) in [5, 5.41) is 9.59. The summed E-state index contributed by atoms with van der Waals surface area (Å²) >= 11 is 0. The molecule has 0 bridgehead atoms. The fourth-order valence-electron chi connectivity index (χ4n) is 1.15. The predicted octanol–water partition coefficient (Wildman–Crippen LogP) is 1.55. The molecule has 0 aliphatic heterocycles. The van der Waals surface area contributed by atoms with Crippen molar-refractivity contribution in [2.75, 3.05) is 13.7 Å². The molecule has 0 saturated carbocycles. The van der Waals surface area contributed by atoms with Crippen LogP contribution in [-0.4, -0.2) is 29.9 Å². The Labute approximate surface area is 89.9 Å². The standard InChI is InChI=1S/C11H17NO3/c1-8(2)15-11-5-4-9(6-12-11)10(13)7-14-3/h4-6,8,10,13H,7H2,1-3H3. The van der Waals surface area contributed by atoms with Crippen LogP contribution in [0.25, 0.3) is 0 Å². The van der Waals surface area contributed by atoms with E-state index in [1.807, 2.05) is 13.8 Å². The van der Waals surface area contributed by atoms with Gasteiger partial charge in [-0.15, -0.1) is 0 Å². The zero-order valence-corrected chi connectivity index (χ0v) is 9.30. The highest BCUT2D eigenvalue weighted by atomic mass is 16.5. The summed E-state index contributed by atoms with van der Waals surface area (Å²) in [6.45, 7) is 4.15. The van der Waals surface area contributed by atoms with Crippen molar-refractivity contribution < 1.29 is 14.6 Å². The minimum atomic E-state index is -0.629. The summed E-state index contributed by atoms with van der Waals surface area (Å²) in [7, 11) is 1.55. The van der Waals surface area contributed by atoms with E-state index in [4.69, 9.17) is 9.47 Å². The SMILES string of the molecule is COCC(O)c1ccc(OC(C)C)nc1. The predicted molar refractivity (Wildman–Crippen MR) is 56.8 cm³/mol. The van der Waals surface area contributed by atoms with Gasteiger partial charge in [-0.3, -0.25) is 0 Å². The number of hydrogen-bond acceptors (Lipinski definition) is 4. The average molecular weight is 211 g/mol. The van der Waals surface area contributed by atoms with Gasteiger partial charge in [-0.25, -0.2) is 4.98 Å². The van der Waals surface area contributed by atoms with Crippen molar-refractivity contribution in [3.05, 3.63) is 23.9 Å². The molecule has 0 saturated heterocycles. The number of hydrogen-bond donors (Lipinski definition) is 1. The lowest BCUT2D eigenvalue weighted by molar-refractivity contribution is 0.0641. The number of rotatable bonds is 5. The van der Waals surface area contributed by atoms with Gasteiger partial charge in [0.05, 0.1) is 12.7 Å². The van der Waals surface area contributed by atoms with E-state index in [1.54, 1.807) is 25.4 Å². The Hall–Kier alpha value is -1.13. The van der Waals surface area contributed by atoms with Gasteiger partial charge in [0.2, 0.25) is 5.88 Å². The van der Waals surface area contributed by atoms with Crippen molar-refractivity contribution in [1.29, 1.82) is 0 Å². The van der Waals surface area contributed by atoms with Crippen molar-refractivity contribution in [1.82, 2.24) is 4.98 Å². The second-order valence-electron chi connectivity index (χ2n) is 3.57. The van der Waals surface area contributed by atoms with E-state index < -0.39 is 6.10 Å². The van der Waals surface area contributed by atoms with E-state index in [0.717, 1.165) is 5.56 Å². The molecule has 1 unspecified atom stereocenters. The van der Waals surface area contributed by atoms with Crippen LogP contribution >= 0.6 is 0 Å². The number of nitrogens with zero attached hydrogens (tertiary/aromatic N) is 1. The maximum Gasteiger partial charge on any atom is 0.213 e. The first-order chi connectivity index (χ1) is 7.13. The van der Waals surface area contributed by atoms with Crippen molar-refractivity contribution in [2.45, 2.75) is 26.1 Å². The summed E-state index contributed by atoms with van der Waals surface area (Å²) in [6, 6.07) is 3.53. The lowest BCUT2D eigenvalue weighted by atomic mass is 10.2. The molecule has 4 heteroatoms. The fourth-order valence-corrected chi connectivity index (χ4v) is 1.15. The second kappa shape index (κ2) is 5.68. The van der Waals surface area contributed by atoms with Gasteiger partial charge in [-0.05, 0) is 19.9 Å². The highest BCUT2D eigenvalue weighted by molar-refractivity contribution is 5.19. The van der Waals surface area contributed by atoms with Crippen molar-refractivity contribution in [3.8, 4) is 5.88 Å². The molecule has 1 N–H and O–H groups in total. The molecule has 0 fully saturated rings. The molecule has 1 atom stereocenters. The first kappa shape index (κ1) is 11.9. The van der Waals surface area contributed by atoms with Gasteiger partial charge in [0.25, 0.3) is 0 Å². The van der Waals surface area contributed by atoms with E-state index in [2.05, 4.69) is 4.98 Å². The van der Waals surface area contributed by atoms with Gasteiger partial charge >= 0.3 is 0 Å². The zero-order chi connectivity index (χ0) is 11.3. The van der Waals surface area contributed by atoms with Crippen LogP contribution in [0, 0.1) is 0 Å². The molecular formula is C11H17NO3. The molecule has 15 heavy (non-hydrogen) atoms. The minimum Gasteiger partial charge on any atom is -0.475 e. The molecule has 0 radical (unpaired) electrons. The zero-order valence-electron chi connectivity index (χ0n) is 9.30. The summed E-state index contributed by atoms with van der Waals surface area (Å²) in [4.78, 5) is 4.08. The second-order valence-corrected chi connectivity index (χ2v) is 3.57.